The van der Waals surface area contributed by atoms with Crippen molar-refractivity contribution >= 4 is 23.4 Å². The Labute approximate surface area is 187 Å². The van der Waals surface area contributed by atoms with Gasteiger partial charge in [0, 0.05) is 34.3 Å². The molecule has 0 fully saturated rings. The van der Waals surface area contributed by atoms with Gasteiger partial charge in [0.25, 0.3) is 5.91 Å². The summed E-state index contributed by atoms with van der Waals surface area (Å²) in [6.45, 7) is 2.09. The minimum Gasteiger partial charge on any atom is -0.322 e. The number of carbonyl (C=O) groups is 1. The Morgan fingerprint density at radius 1 is 0.774 bits per heavy atom. The average Bonchev–Trinajstić information content (AvgIpc) is 2.81. The zero-order chi connectivity index (χ0) is 21.5. The number of anilines is 1. The van der Waals surface area contributed by atoms with Gasteiger partial charge in [-0.05, 0) is 78.6 Å². The number of aryl methyl sites for hydroxylation is 1. The first-order valence-electron chi connectivity index (χ1n) is 10.2. The number of hydrogen-bond donors (Lipinski definition) is 1. The molecule has 4 rings (SSSR count). The van der Waals surface area contributed by atoms with Crippen LogP contribution >= 0.6 is 11.8 Å². The molecule has 4 aromatic rings. The second-order valence-electron chi connectivity index (χ2n) is 7.48. The molecule has 154 valence electrons. The van der Waals surface area contributed by atoms with Crippen molar-refractivity contribution in [2.45, 2.75) is 24.0 Å². The fourth-order valence-electron chi connectivity index (χ4n) is 3.20. The van der Waals surface area contributed by atoms with Crippen LogP contribution in [0.4, 0.5) is 5.69 Å². The standard InChI is InChI=1S/C27H24N2OS/c1-20-2-12-26(13-3-20)31-19-23-4-8-24(9-5-23)27(30)29-25-10-6-21(7-11-25)18-22-14-16-28-17-15-22/h2-17H,18-19H2,1H3,(H,29,30). The largest absolute Gasteiger partial charge is 0.322 e. The summed E-state index contributed by atoms with van der Waals surface area (Å²) in [5.74, 6) is 0.781. The van der Waals surface area contributed by atoms with Gasteiger partial charge in [0.1, 0.15) is 0 Å². The van der Waals surface area contributed by atoms with E-state index in [1.807, 2.05) is 60.7 Å². The van der Waals surface area contributed by atoms with E-state index in [0.29, 0.717) is 5.56 Å². The lowest BCUT2D eigenvalue weighted by Gasteiger charge is -2.08. The summed E-state index contributed by atoms with van der Waals surface area (Å²) in [4.78, 5) is 17.9. The number of aromatic nitrogens is 1. The Kier molecular flexibility index (Phi) is 6.80. The zero-order valence-corrected chi connectivity index (χ0v) is 18.2. The highest BCUT2D eigenvalue weighted by atomic mass is 32.2. The Hall–Kier alpha value is -3.37. The third kappa shape index (κ3) is 6.06. The van der Waals surface area contributed by atoms with E-state index in [0.717, 1.165) is 17.9 Å². The Morgan fingerprint density at radius 2 is 1.39 bits per heavy atom. The maximum absolute atomic E-state index is 12.6. The molecule has 0 aliphatic heterocycles. The van der Waals surface area contributed by atoms with Crippen molar-refractivity contribution < 1.29 is 4.79 Å². The van der Waals surface area contributed by atoms with Gasteiger partial charge in [-0.15, -0.1) is 11.8 Å². The van der Waals surface area contributed by atoms with Crippen LogP contribution in [0.25, 0.3) is 0 Å². The van der Waals surface area contributed by atoms with E-state index < -0.39 is 0 Å². The smallest absolute Gasteiger partial charge is 0.255 e. The second-order valence-corrected chi connectivity index (χ2v) is 8.53. The van der Waals surface area contributed by atoms with Crippen molar-refractivity contribution in [3.8, 4) is 0 Å². The molecule has 31 heavy (non-hydrogen) atoms. The summed E-state index contributed by atoms with van der Waals surface area (Å²) in [5, 5.41) is 2.98. The van der Waals surface area contributed by atoms with Crippen LogP contribution in [0.3, 0.4) is 0 Å². The number of rotatable bonds is 7. The molecule has 1 amide bonds. The molecule has 0 saturated carbocycles. The Morgan fingerprint density at radius 3 is 2.06 bits per heavy atom. The van der Waals surface area contributed by atoms with E-state index in [4.69, 9.17) is 0 Å². The molecule has 0 saturated heterocycles. The predicted octanol–water partition coefficient (Wildman–Crippen LogP) is 6.53. The molecule has 1 heterocycles. The fourth-order valence-corrected chi connectivity index (χ4v) is 4.05. The Balaban J connectivity index is 1.31. The van der Waals surface area contributed by atoms with Crippen LogP contribution < -0.4 is 5.32 Å². The molecule has 0 atom stereocenters. The van der Waals surface area contributed by atoms with E-state index in [9.17, 15) is 4.79 Å². The summed E-state index contributed by atoms with van der Waals surface area (Å²) in [5.41, 5.74) is 6.32. The number of carbonyl (C=O) groups excluding carboxylic acids is 1. The summed E-state index contributed by atoms with van der Waals surface area (Å²) >= 11 is 1.80. The molecule has 0 radical (unpaired) electrons. The lowest BCUT2D eigenvalue weighted by molar-refractivity contribution is 0.102. The molecule has 1 N–H and O–H groups in total. The first-order chi connectivity index (χ1) is 15.2. The van der Waals surface area contributed by atoms with Crippen LogP contribution in [-0.4, -0.2) is 10.9 Å². The van der Waals surface area contributed by atoms with Gasteiger partial charge in [0.2, 0.25) is 0 Å². The second kappa shape index (κ2) is 10.1. The van der Waals surface area contributed by atoms with Gasteiger partial charge in [0.15, 0.2) is 0 Å². The SMILES string of the molecule is Cc1ccc(SCc2ccc(C(=O)Nc3ccc(Cc4ccncc4)cc3)cc2)cc1. The average molecular weight is 425 g/mol. The van der Waals surface area contributed by atoms with Gasteiger partial charge >= 0.3 is 0 Å². The number of hydrogen-bond acceptors (Lipinski definition) is 3. The van der Waals surface area contributed by atoms with Gasteiger partial charge in [-0.3, -0.25) is 9.78 Å². The summed E-state index contributed by atoms with van der Waals surface area (Å²) in [7, 11) is 0. The highest BCUT2D eigenvalue weighted by Gasteiger charge is 2.07. The molecule has 4 heteroatoms. The first kappa shape index (κ1) is 20.9. The molecule has 3 aromatic carbocycles. The van der Waals surface area contributed by atoms with Crippen LogP contribution in [0.5, 0.6) is 0 Å². The summed E-state index contributed by atoms with van der Waals surface area (Å²) in [6, 6.07) is 28.4. The first-order valence-corrected chi connectivity index (χ1v) is 11.2. The van der Waals surface area contributed by atoms with E-state index in [1.165, 1.54) is 27.1 Å². The number of amides is 1. The maximum atomic E-state index is 12.6. The molecule has 3 nitrogen and oxygen atoms in total. The topological polar surface area (TPSA) is 42.0 Å². The van der Waals surface area contributed by atoms with E-state index in [-0.39, 0.29) is 5.91 Å². The maximum Gasteiger partial charge on any atom is 0.255 e. The van der Waals surface area contributed by atoms with Crippen molar-refractivity contribution in [2.24, 2.45) is 0 Å². The molecular formula is C27H24N2OS. The van der Waals surface area contributed by atoms with Gasteiger partial charge in [-0.1, -0.05) is 42.0 Å². The molecule has 0 aliphatic carbocycles. The van der Waals surface area contributed by atoms with Crippen LogP contribution in [-0.2, 0) is 12.2 Å². The van der Waals surface area contributed by atoms with E-state index in [1.54, 1.807) is 24.2 Å². The van der Waals surface area contributed by atoms with Crippen molar-refractivity contribution in [1.82, 2.24) is 4.98 Å². The molecular weight excluding hydrogens is 400 g/mol. The minimum absolute atomic E-state index is 0.0976. The lowest BCUT2D eigenvalue weighted by atomic mass is 10.1. The monoisotopic (exact) mass is 424 g/mol. The number of pyridine rings is 1. The molecule has 0 bridgehead atoms. The molecule has 1 aromatic heterocycles. The normalized spacial score (nSPS) is 10.6. The lowest BCUT2D eigenvalue weighted by Crippen LogP contribution is -2.11. The van der Waals surface area contributed by atoms with Crippen molar-refractivity contribution in [2.75, 3.05) is 5.32 Å². The van der Waals surface area contributed by atoms with Crippen LogP contribution in [0.1, 0.15) is 32.6 Å². The highest BCUT2D eigenvalue weighted by Crippen LogP contribution is 2.23. The van der Waals surface area contributed by atoms with Crippen LogP contribution in [0.15, 0.2) is 102 Å². The number of benzene rings is 3. The highest BCUT2D eigenvalue weighted by molar-refractivity contribution is 7.98. The van der Waals surface area contributed by atoms with Gasteiger partial charge in [0.05, 0.1) is 0 Å². The van der Waals surface area contributed by atoms with E-state index in [2.05, 4.69) is 41.5 Å². The Bertz CT molecular complexity index is 1120. The van der Waals surface area contributed by atoms with Crippen LogP contribution in [0.2, 0.25) is 0 Å². The van der Waals surface area contributed by atoms with Crippen LogP contribution in [0, 0.1) is 6.92 Å². The molecule has 0 unspecified atom stereocenters. The predicted molar refractivity (Wildman–Crippen MR) is 129 cm³/mol. The fraction of sp³-hybridized carbons (Fsp3) is 0.111. The quantitative estimate of drug-likeness (QED) is 0.343. The van der Waals surface area contributed by atoms with E-state index >= 15 is 0 Å². The molecule has 0 spiro atoms. The van der Waals surface area contributed by atoms with Crippen molar-refractivity contribution in [3.63, 3.8) is 0 Å². The third-order valence-electron chi connectivity index (χ3n) is 5.01. The third-order valence-corrected chi connectivity index (χ3v) is 6.10. The van der Waals surface area contributed by atoms with Crippen molar-refractivity contribution in [1.29, 1.82) is 0 Å². The zero-order valence-electron chi connectivity index (χ0n) is 17.4. The summed E-state index contributed by atoms with van der Waals surface area (Å²) in [6.07, 6.45) is 4.45. The number of nitrogens with zero attached hydrogens (tertiary/aromatic N) is 1. The minimum atomic E-state index is -0.0976. The molecule has 0 aliphatic rings. The van der Waals surface area contributed by atoms with Crippen molar-refractivity contribution in [3.05, 3.63) is 125 Å². The van der Waals surface area contributed by atoms with Gasteiger partial charge < -0.3 is 5.32 Å². The number of thioether (sulfide) groups is 1. The van der Waals surface area contributed by atoms with Gasteiger partial charge in [-0.2, -0.15) is 0 Å². The van der Waals surface area contributed by atoms with Gasteiger partial charge in [-0.25, -0.2) is 0 Å². The summed E-state index contributed by atoms with van der Waals surface area (Å²) < 4.78 is 0. The number of nitrogens with one attached hydrogen (secondary N) is 1.